The molecular formula is C13H20FNO. The van der Waals surface area contributed by atoms with Crippen LogP contribution in [0, 0.1) is 5.82 Å². The second kappa shape index (κ2) is 5.85. The van der Waals surface area contributed by atoms with Gasteiger partial charge in [-0.15, -0.1) is 0 Å². The van der Waals surface area contributed by atoms with E-state index in [1.165, 1.54) is 6.07 Å². The maximum absolute atomic E-state index is 13.3. The first-order valence-electron chi connectivity index (χ1n) is 5.64. The zero-order chi connectivity index (χ0) is 12.1. The van der Waals surface area contributed by atoms with Crippen molar-refractivity contribution in [2.45, 2.75) is 32.8 Å². The first-order chi connectivity index (χ1) is 7.52. The van der Waals surface area contributed by atoms with Crippen LogP contribution in [-0.2, 0) is 0 Å². The van der Waals surface area contributed by atoms with E-state index in [2.05, 4.69) is 5.32 Å². The fourth-order valence-electron chi connectivity index (χ4n) is 1.55. The highest BCUT2D eigenvalue weighted by Gasteiger charge is 2.07. The van der Waals surface area contributed by atoms with Gasteiger partial charge in [0, 0.05) is 12.6 Å². The molecule has 0 spiro atoms. The number of halogens is 1. The van der Waals surface area contributed by atoms with Crippen molar-refractivity contribution >= 4 is 0 Å². The molecule has 0 aromatic heterocycles. The summed E-state index contributed by atoms with van der Waals surface area (Å²) in [4.78, 5) is 0. The maximum atomic E-state index is 13.3. The van der Waals surface area contributed by atoms with Crippen LogP contribution in [0.3, 0.4) is 0 Å². The SMILES string of the molecule is CNC[C@@H](C)Oc1cc(F)cc(C(C)C)c1. The van der Waals surface area contributed by atoms with E-state index in [-0.39, 0.29) is 11.9 Å². The Bertz CT molecular complexity index is 339. The van der Waals surface area contributed by atoms with E-state index in [0.29, 0.717) is 11.7 Å². The molecule has 1 aromatic rings. The molecule has 1 N–H and O–H groups in total. The number of benzene rings is 1. The van der Waals surface area contributed by atoms with Crippen LogP contribution in [0.15, 0.2) is 18.2 Å². The molecule has 0 heterocycles. The summed E-state index contributed by atoms with van der Waals surface area (Å²) in [6.07, 6.45) is 0.0341. The van der Waals surface area contributed by atoms with Gasteiger partial charge in [-0.05, 0) is 37.6 Å². The molecule has 0 bridgehead atoms. The Labute approximate surface area is 96.8 Å². The van der Waals surface area contributed by atoms with Gasteiger partial charge in [0.2, 0.25) is 0 Å². The fraction of sp³-hybridized carbons (Fsp3) is 0.538. The van der Waals surface area contributed by atoms with Crippen LogP contribution >= 0.6 is 0 Å². The van der Waals surface area contributed by atoms with E-state index < -0.39 is 0 Å². The van der Waals surface area contributed by atoms with Gasteiger partial charge in [-0.25, -0.2) is 4.39 Å². The summed E-state index contributed by atoms with van der Waals surface area (Å²) in [5.74, 6) is 0.668. The van der Waals surface area contributed by atoms with Crippen molar-refractivity contribution < 1.29 is 9.13 Å². The van der Waals surface area contributed by atoms with Crippen molar-refractivity contribution in [2.24, 2.45) is 0 Å². The number of rotatable bonds is 5. The van der Waals surface area contributed by atoms with Crippen molar-refractivity contribution in [3.63, 3.8) is 0 Å². The highest BCUT2D eigenvalue weighted by Crippen LogP contribution is 2.23. The van der Waals surface area contributed by atoms with Crippen LogP contribution in [0.5, 0.6) is 5.75 Å². The number of hydrogen-bond donors (Lipinski definition) is 1. The van der Waals surface area contributed by atoms with E-state index in [1.807, 2.05) is 33.9 Å². The van der Waals surface area contributed by atoms with Crippen molar-refractivity contribution in [3.05, 3.63) is 29.6 Å². The molecule has 3 heteroatoms. The highest BCUT2D eigenvalue weighted by atomic mass is 19.1. The average molecular weight is 225 g/mol. The molecule has 0 aliphatic heterocycles. The summed E-state index contributed by atoms with van der Waals surface area (Å²) in [7, 11) is 1.87. The third-order valence-electron chi connectivity index (χ3n) is 2.39. The summed E-state index contributed by atoms with van der Waals surface area (Å²) in [6.45, 7) is 6.77. The summed E-state index contributed by atoms with van der Waals surface area (Å²) in [6, 6.07) is 4.89. The van der Waals surface area contributed by atoms with Gasteiger partial charge in [0.05, 0.1) is 0 Å². The third kappa shape index (κ3) is 3.81. The normalized spacial score (nSPS) is 12.9. The van der Waals surface area contributed by atoms with Gasteiger partial charge in [-0.2, -0.15) is 0 Å². The Morgan fingerprint density at radius 2 is 1.94 bits per heavy atom. The second-order valence-corrected chi connectivity index (χ2v) is 4.36. The quantitative estimate of drug-likeness (QED) is 0.832. The minimum absolute atomic E-state index is 0.0341. The maximum Gasteiger partial charge on any atom is 0.127 e. The third-order valence-corrected chi connectivity index (χ3v) is 2.39. The lowest BCUT2D eigenvalue weighted by atomic mass is 10.0. The minimum Gasteiger partial charge on any atom is -0.489 e. The fourth-order valence-corrected chi connectivity index (χ4v) is 1.55. The van der Waals surface area contributed by atoms with Gasteiger partial charge in [-0.1, -0.05) is 13.8 Å². The van der Waals surface area contributed by atoms with Crippen LogP contribution in [0.1, 0.15) is 32.3 Å². The van der Waals surface area contributed by atoms with E-state index in [0.717, 1.165) is 12.1 Å². The predicted octanol–water partition coefficient (Wildman–Crippen LogP) is 2.94. The van der Waals surface area contributed by atoms with Crippen molar-refractivity contribution in [1.82, 2.24) is 5.32 Å². The molecule has 0 unspecified atom stereocenters. The Morgan fingerprint density at radius 1 is 1.25 bits per heavy atom. The molecule has 90 valence electrons. The lowest BCUT2D eigenvalue weighted by molar-refractivity contribution is 0.219. The number of likely N-dealkylation sites (N-methyl/N-ethyl adjacent to an activating group) is 1. The Morgan fingerprint density at radius 3 is 2.50 bits per heavy atom. The monoisotopic (exact) mass is 225 g/mol. The first-order valence-corrected chi connectivity index (χ1v) is 5.64. The molecule has 16 heavy (non-hydrogen) atoms. The largest absolute Gasteiger partial charge is 0.489 e. The van der Waals surface area contributed by atoms with Gasteiger partial charge >= 0.3 is 0 Å². The average Bonchev–Trinajstić information content (AvgIpc) is 2.16. The summed E-state index contributed by atoms with van der Waals surface area (Å²) >= 11 is 0. The molecule has 1 aromatic carbocycles. The highest BCUT2D eigenvalue weighted by molar-refractivity contribution is 5.31. The molecular weight excluding hydrogens is 205 g/mol. The van der Waals surface area contributed by atoms with Crippen LogP contribution in [0.4, 0.5) is 4.39 Å². The Kier molecular flexibility index (Phi) is 4.74. The zero-order valence-electron chi connectivity index (χ0n) is 10.4. The molecule has 2 nitrogen and oxygen atoms in total. The van der Waals surface area contributed by atoms with Crippen LogP contribution < -0.4 is 10.1 Å². The summed E-state index contributed by atoms with van der Waals surface area (Å²) in [5, 5.41) is 3.02. The van der Waals surface area contributed by atoms with Gasteiger partial charge in [0.1, 0.15) is 17.7 Å². The van der Waals surface area contributed by atoms with E-state index in [9.17, 15) is 4.39 Å². The molecule has 1 atom stereocenters. The number of ether oxygens (including phenoxy) is 1. The lowest BCUT2D eigenvalue weighted by Crippen LogP contribution is -2.26. The number of hydrogen-bond acceptors (Lipinski definition) is 2. The summed E-state index contributed by atoms with van der Waals surface area (Å²) < 4.78 is 19.0. The van der Waals surface area contributed by atoms with Crippen molar-refractivity contribution in [3.8, 4) is 5.75 Å². The number of nitrogens with one attached hydrogen (secondary N) is 1. The lowest BCUT2D eigenvalue weighted by Gasteiger charge is -2.16. The Balaban J connectivity index is 2.80. The van der Waals surface area contributed by atoms with Crippen molar-refractivity contribution in [1.29, 1.82) is 0 Å². The zero-order valence-corrected chi connectivity index (χ0v) is 10.4. The van der Waals surface area contributed by atoms with Gasteiger partial charge < -0.3 is 10.1 Å². The predicted molar refractivity (Wildman–Crippen MR) is 64.5 cm³/mol. The second-order valence-electron chi connectivity index (χ2n) is 4.36. The van der Waals surface area contributed by atoms with E-state index in [4.69, 9.17) is 4.74 Å². The molecule has 0 saturated heterocycles. The summed E-state index contributed by atoms with van der Waals surface area (Å²) in [5.41, 5.74) is 0.964. The topological polar surface area (TPSA) is 21.3 Å². The molecule has 0 radical (unpaired) electrons. The molecule has 0 saturated carbocycles. The molecule has 0 amide bonds. The minimum atomic E-state index is -0.238. The smallest absolute Gasteiger partial charge is 0.127 e. The van der Waals surface area contributed by atoms with Gasteiger partial charge in [-0.3, -0.25) is 0 Å². The standard InChI is InChI=1S/C13H20FNO/c1-9(2)11-5-12(14)7-13(6-11)16-10(3)8-15-4/h5-7,9-10,15H,8H2,1-4H3/t10-/m1/s1. The Hall–Kier alpha value is -1.09. The first kappa shape index (κ1) is 13.0. The van der Waals surface area contributed by atoms with E-state index >= 15 is 0 Å². The van der Waals surface area contributed by atoms with Crippen LogP contribution in [0.25, 0.3) is 0 Å². The van der Waals surface area contributed by atoms with Gasteiger partial charge in [0.25, 0.3) is 0 Å². The molecule has 0 aliphatic carbocycles. The molecule has 0 aliphatic rings. The van der Waals surface area contributed by atoms with Crippen molar-refractivity contribution in [2.75, 3.05) is 13.6 Å². The van der Waals surface area contributed by atoms with Crippen LogP contribution in [0.2, 0.25) is 0 Å². The van der Waals surface area contributed by atoms with Crippen LogP contribution in [-0.4, -0.2) is 19.7 Å². The van der Waals surface area contributed by atoms with E-state index in [1.54, 1.807) is 6.07 Å². The molecule has 0 fully saturated rings. The molecule has 1 rings (SSSR count). The van der Waals surface area contributed by atoms with Gasteiger partial charge in [0.15, 0.2) is 0 Å².